The first kappa shape index (κ1) is 18.4. The standard InChI is InChI=1S/C16H34N4O/c1-5-15(7-8-17)20-10-6-9-19(11-12-20)14(4)16(21)18-13(2)3/h13-15H,5-12,17H2,1-4H3,(H,18,21). The predicted octanol–water partition coefficient (Wildman–Crippen LogP) is 1.03. The van der Waals surface area contributed by atoms with E-state index in [1.54, 1.807) is 0 Å². The highest BCUT2D eigenvalue weighted by atomic mass is 16.2. The Morgan fingerprint density at radius 2 is 1.76 bits per heavy atom. The van der Waals surface area contributed by atoms with Gasteiger partial charge >= 0.3 is 0 Å². The van der Waals surface area contributed by atoms with Gasteiger partial charge in [-0.05, 0) is 53.1 Å². The number of nitrogens with zero attached hydrogens (tertiary/aromatic N) is 2. The number of carbonyl (C=O) groups is 1. The third-order valence-electron chi connectivity index (χ3n) is 4.41. The van der Waals surface area contributed by atoms with Gasteiger partial charge in [-0.1, -0.05) is 6.92 Å². The fourth-order valence-electron chi connectivity index (χ4n) is 3.12. The average molecular weight is 298 g/mol. The van der Waals surface area contributed by atoms with Gasteiger partial charge in [0.05, 0.1) is 6.04 Å². The highest BCUT2D eigenvalue weighted by Crippen LogP contribution is 2.14. The second-order valence-electron chi connectivity index (χ2n) is 6.40. The first-order chi connectivity index (χ1) is 9.99. The number of hydrogen-bond donors (Lipinski definition) is 2. The molecule has 1 amide bonds. The molecule has 0 saturated carbocycles. The van der Waals surface area contributed by atoms with Crippen LogP contribution in [0.2, 0.25) is 0 Å². The van der Waals surface area contributed by atoms with Crippen LogP contribution in [0.1, 0.15) is 47.0 Å². The van der Waals surface area contributed by atoms with Gasteiger partial charge in [0.25, 0.3) is 0 Å². The zero-order valence-electron chi connectivity index (χ0n) is 14.3. The zero-order chi connectivity index (χ0) is 15.8. The van der Waals surface area contributed by atoms with Gasteiger partial charge in [0, 0.05) is 31.7 Å². The second kappa shape index (κ2) is 9.38. The summed E-state index contributed by atoms with van der Waals surface area (Å²) in [6, 6.07) is 0.758. The molecule has 0 spiro atoms. The van der Waals surface area contributed by atoms with Gasteiger partial charge in [-0.25, -0.2) is 0 Å². The van der Waals surface area contributed by atoms with E-state index in [1.807, 2.05) is 20.8 Å². The lowest BCUT2D eigenvalue weighted by Crippen LogP contribution is -2.48. The minimum Gasteiger partial charge on any atom is -0.353 e. The Labute approximate surface area is 130 Å². The van der Waals surface area contributed by atoms with Gasteiger partial charge in [-0.3, -0.25) is 14.6 Å². The molecule has 21 heavy (non-hydrogen) atoms. The Morgan fingerprint density at radius 1 is 1.14 bits per heavy atom. The summed E-state index contributed by atoms with van der Waals surface area (Å²) in [6.45, 7) is 13.2. The molecule has 0 aromatic carbocycles. The Morgan fingerprint density at radius 3 is 2.33 bits per heavy atom. The molecule has 5 heteroatoms. The van der Waals surface area contributed by atoms with Gasteiger partial charge in [0.15, 0.2) is 0 Å². The van der Waals surface area contributed by atoms with Crippen molar-refractivity contribution in [1.82, 2.24) is 15.1 Å². The third-order valence-corrected chi connectivity index (χ3v) is 4.41. The number of carbonyl (C=O) groups excluding carboxylic acids is 1. The van der Waals surface area contributed by atoms with Gasteiger partial charge in [0.1, 0.15) is 0 Å². The highest BCUT2D eigenvalue weighted by molar-refractivity contribution is 5.81. The van der Waals surface area contributed by atoms with Crippen LogP contribution in [0.5, 0.6) is 0 Å². The summed E-state index contributed by atoms with van der Waals surface area (Å²) in [5.41, 5.74) is 5.72. The summed E-state index contributed by atoms with van der Waals surface area (Å²) >= 11 is 0. The minimum atomic E-state index is -0.0399. The van der Waals surface area contributed by atoms with E-state index in [0.717, 1.165) is 52.0 Å². The quantitative estimate of drug-likeness (QED) is 0.737. The van der Waals surface area contributed by atoms with E-state index in [9.17, 15) is 4.79 Å². The Hall–Kier alpha value is -0.650. The molecule has 0 radical (unpaired) electrons. The molecule has 1 aliphatic heterocycles. The van der Waals surface area contributed by atoms with Crippen LogP contribution in [0.4, 0.5) is 0 Å². The lowest BCUT2D eigenvalue weighted by atomic mass is 10.1. The number of nitrogens with two attached hydrogens (primary N) is 1. The molecular formula is C16H34N4O. The van der Waals surface area contributed by atoms with Crippen molar-refractivity contribution >= 4 is 5.91 Å². The number of nitrogens with one attached hydrogen (secondary N) is 1. The molecule has 1 saturated heterocycles. The van der Waals surface area contributed by atoms with E-state index in [1.165, 1.54) is 0 Å². The fourth-order valence-corrected chi connectivity index (χ4v) is 3.12. The van der Waals surface area contributed by atoms with Crippen LogP contribution in [0.15, 0.2) is 0 Å². The normalized spacial score (nSPS) is 21.0. The van der Waals surface area contributed by atoms with Crippen molar-refractivity contribution in [3.05, 3.63) is 0 Å². The zero-order valence-corrected chi connectivity index (χ0v) is 14.3. The van der Waals surface area contributed by atoms with Gasteiger partial charge in [-0.2, -0.15) is 0 Å². The lowest BCUT2D eigenvalue weighted by molar-refractivity contribution is -0.126. The lowest BCUT2D eigenvalue weighted by Gasteiger charge is -2.30. The number of amides is 1. The van der Waals surface area contributed by atoms with Gasteiger partial charge in [0.2, 0.25) is 5.91 Å². The summed E-state index contributed by atoms with van der Waals surface area (Å²) in [7, 11) is 0. The molecule has 3 N–H and O–H groups in total. The van der Waals surface area contributed by atoms with E-state index < -0.39 is 0 Å². The van der Waals surface area contributed by atoms with Crippen molar-refractivity contribution in [2.75, 3.05) is 32.7 Å². The molecule has 0 aromatic heterocycles. The van der Waals surface area contributed by atoms with E-state index in [4.69, 9.17) is 5.73 Å². The Bertz CT molecular complexity index is 309. The van der Waals surface area contributed by atoms with Crippen LogP contribution in [-0.2, 0) is 4.79 Å². The van der Waals surface area contributed by atoms with E-state index in [0.29, 0.717) is 6.04 Å². The van der Waals surface area contributed by atoms with E-state index >= 15 is 0 Å². The molecule has 1 heterocycles. The summed E-state index contributed by atoms with van der Waals surface area (Å²) in [4.78, 5) is 17.0. The van der Waals surface area contributed by atoms with Crippen LogP contribution in [0.25, 0.3) is 0 Å². The number of rotatable bonds is 7. The van der Waals surface area contributed by atoms with Crippen molar-refractivity contribution in [2.45, 2.75) is 65.1 Å². The predicted molar refractivity (Wildman–Crippen MR) is 88.3 cm³/mol. The molecular weight excluding hydrogens is 264 g/mol. The number of hydrogen-bond acceptors (Lipinski definition) is 4. The molecule has 124 valence electrons. The van der Waals surface area contributed by atoms with Crippen LogP contribution in [0, 0.1) is 0 Å². The largest absolute Gasteiger partial charge is 0.353 e. The third kappa shape index (κ3) is 5.93. The molecule has 0 bridgehead atoms. The van der Waals surface area contributed by atoms with Crippen molar-refractivity contribution in [3.63, 3.8) is 0 Å². The maximum atomic E-state index is 12.2. The summed E-state index contributed by atoms with van der Waals surface area (Å²) < 4.78 is 0. The molecule has 1 fully saturated rings. The molecule has 0 aromatic rings. The van der Waals surface area contributed by atoms with Crippen LogP contribution in [0.3, 0.4) is 0 Å². The van der Waals surface area contributed by atoms with Crippen LogP contribution < -0.4 is 11.1 Å². The maximum absolute atomic E-state index is 12.2. The monoisotopic (exact) mass is 298 g/mol. The van der Waals surface area contributed by atoms with E-state index in [-0.39, 0.29) is 18.0 Å². The molecule has 2 unspecified atom stereocenters. The summed E-state index contributed by atoms with van der Waals surface area (Å²) in [6.07, 6.45) is 3.35. The highest BCUT2D eigenvalue weighted by Gasteiger charge is 2.26. The smallest absolute Gasteiger partial charge is 0.237 e. The summed E-state index contributed by atoms with van der Waals surface area (Å²) in [5.74, 6) is 0.146. The Kier molecular flexibility index (Phi) is 8.22. The van der Waals surface area contributed by atoms with Gasteiger partial charge in [-0.15, -0.1) is 0 Å². The van der Waals surface area contributed by atoms with E-state index in [2.05, 4.69) is 22.0 Å². The second-order valence-corrected chi connectivity index (χ2v) is 6.40. The van der Waals surface area contributed by atoms with Crippen LogP contribution >= 0.6 is 0 Å². The first-order valence-corrected chi connectivity index (χ1v) is 8.48. The van der Waals surface area contributed by atoms with Crippen molar-refractivity contribution < 1.29 is 4.79 Å². The maximum Gasteiger partial charge on any atom is 0.237 e. The fraction of sp³-hybridized carbons (Fsp3) is 0.938. The Balaban J connectivity index is 2.53. The summed E-state index contributed by atoms with van der Waals surface area (Å²) in [5, 5.41) is 3.01. The molecule has 1 aliphatic rings. The molecule has 0 aliphatic carbocycles. The van der Waals surface area contributed by atoms with Crippen LogP contribution in [-0.4, -0.2) is 66.6 Å². The first-order valence-electron chi connectivity index (χ1n) is 8.48. The SMILES string of the molecule is CCC(CCN)N1CCCN(C(C)C(=O)NC(C)C)CC1. The topological polar surface area (TPSA) is 61.6 Å². The molecule has 5 nitrogen and oxygen atoms in total. The van der Waals surface area contributed by atoms with Crippen molar-refractivity contribution in [2.24, 2.45) is 5.73 Å². The molecule has 2 atom stereocenters. The average Bonchev–Trinajstić information content (AvgIpc) is 2.69. The van der Waals surface area contributed by atoms with Crippen molar-refractivity contribution in [1.29, 1.82) is 0 Å². The van der Waals surface area contributed by atoms with Gasteiger partial charge < -0.3 is 11.1 Å². The minimum absolute atomic E-state index is 0.0399. The van der Waals surface area contributed by atoms with Crippen molar-refractivity contribution in [3.8, 4) is 0 Å². The molecule has 1 rings (SSSR count).